The molecule has 0 radical (unpaired) electrons. The van der Waals surface area contributed by atoms with E-state index in [-0.39, 0.29) is 0 Å². The average molecular weight is 333 g/mol. The molecule has 0 aliphatic heterocycles. The van der Waals surface area contributed by atoms with E-state index < -0.39 is 13.9 Å². The van der Waals surface area contributed by atoms with Crippen LogP contribution in [0.25, 0.3) is 0 Å². The monoisotopic (exact) mass is 333 g/mol. The van der Waals surface area contributed by atoms with Crippen molar-refractivity contribution in [1.29, 1.82) is 0 Å². The number of hydrogen-bond acceptors (Lipinski definition) is 2. The molecule has 0 spiro atoms. The molecule has 1 N–H and O–H groups in total. The number of hydrogen-bond donors (Lipinski definition) is 1. The maximum absolute atomic E-state index is 10.7. The summed E-state index contributed by atoms with van der Waals surface area (Å²) in [4.78, 5) is 8.78. The van der Waals surface area contributed by atoms with Crippen molar-refractivity contribution in [2.45, 2.75) is 116 Å². The highest BCUT2D eigenvalue weighted by molar-refractivity contribution is 7.32. The zero-order chi connectivity index (χ0) is 16.7. The summed E-state index contributed by atoms with van der Waals surface area (Å²) in [5, 5.41) is 0. The third-order valence-corrected chi connectivity index (χ3v) is 4.86. The summed E-state index contributed by atoms with van der Waals surface area (Å²) < 4.78 is 15.7. The van der Waals surface area contributed by atoms with E-state index in [1.54, 1.807) is 0 Å². The van der Waals surface area contributed by atoms with Gasteiger partial charge in [-0.1, -0.05) is 90.4 Å². The van der Waals surface area contributed by atoms with E-state index in [1.165, 1.54) is 77.0 Å². The molecular formula is C18H38O3P+. The molecule has 4 heteroatoms. The predicted molar refractivity (Wildman–Crippen MR) is 95.3 cm³/mol. The predicted octanol–water partition coefficient (Wildman–Crippen LogP) is 6.91. The Morgan fingerprint density at radius 2 is 1.14 bits per heavy atom. The van der Waals surface area contributed by atoms with E-state index in [2.05, 4.69) is 6.92 Å². The summed E-state index contributed by atoms with van der Waals surface area (Å²) >= 11 is 0. The second-order valence-electron chi connectivity index (χ2n) is 7.08. The molecule has 0 bridgehead atoms. The fourth-order valence-corrected chi connectivity index (χ4v) is 3.34. The summed E-state index contributed by atoms with van der Waals surface area (Å²) in [6, 6.07) is 0. The topological polar surface area (TPSA) is 46.5 Å². The van der Waals surface area contributed by atoms with Crippen molar-refractivity contribution >= 4 is 8.25 Å². The Morgan fingerprint density at radius 1 is 0.773 bits per heavy atom. The van der Waals surface area contributed by atoms with Gasteiger partial charge in [0, 0.05) is 4.57 Å². The van der Waals surface area contributed by atoms with Gasteiger partial charge in [0.25, 0.3) is 0 Å². The molecule has 22 heavy (non-hydrogen) atoms. The Labute approximate surface area is 139 Å². The standard InChI is InChI=1S/C18H37O3P/c1-4-5-6-7-8-9-10-11-12-13-14-15-16-17-18(2,3)21-22(19)20/h4-17H2,1-3H3/p+1. The molecule has 3 nitrogen and oxygen atoms in total. The Kier molecular flexibility index (Phi) is 14.6. The molecular weight excluding hydrogens is 295 g/mol. The third-order valence-electron chi connectivity index (χ3n) is 4.21. The molecule has 0 amide bonds. The fraction of sp³-hybridized carbons (Fsp3) is 1.00. The first-order valence-electron chi connectivity index (χ1n) is 9.33. The number of rotatable bonds is 16. The van der Waals surface area contributed by atoms with Crippen molar-refractivity contribution in [2.75, 3.05) is 0 Å². The second kappa shape index (κ2) is 14.6. The van der Waals surface area contributed by atoms with Gasteiger partial charge in [-0.25, -0.2) is 0 Å². The average Bonchev–Trinajstić information content (AvgIpc) is 2.42. The van der Waals surface area contributed by atoms with Crippen LogP contribution in [-0.2, 0) is 9.09 Å². The molecule has 0 aromatic carbocycles. The maximum atomic E-state index is 10.7. The summed E-state index contributed by atoms with van der Waals surface area (Å²) in [6.45, 7) is 6.04. The molecule has 0 rings (SSSR count). The fourth-order valence-electron chi connectivity index (χ4n) is 2.83. The summed E-state index contributed by atoms with van der Waals surface area (Å²) in [6.07, 6.45) is 18.3. The molecule has 1 atom stereocenters. The van der Waals surface area contributed by atoms with E-state index in [0.717, 1.165) is 12.8 Å². The van der Waals surface area contributed by atoms with Gasteiger partial charge in [-0.05, 0) is 20.3 Å². The first-order chi connectivity index (χ1) is 10.5. The van der Waals surface area contributed by atoms with Crippen molar-refractivity contribution in [1.82, 2.24) is 0 Å². The molecule has 0 fully saturated rings. The summed E-state index contributed by atoms with van der Waals surface area (Å²) in [7, 11) is -2.48. The molecule has 132 valence electrons. The van der Waals surface area contributed by atoms with Gasteiger partial charge in [0.05, 0.1) is 0 Å². The van der Waals surface area contributed by atoms with Crippen LogP contribution in [0, 0.1) is 0 Å². The maximum Gasteiger partial charge on any atom is 0.695 e. The van der Waals surface area contributed by atoms with Gasteiger partial charge in [-0.3, -0.25) is 0 Å². The van der Waals surface area contributed by atoms with Gasteiger partial charge >= 0.3 is 8.25 Å². The molecule has 0 saturated heterocycles. The minimum atomic E-state index is -2.48. The van der Waals surface area contributed by atoms with Crippen molar-refractivity contribution < 1.29 is 14.0 Å². The van der Waals surface area contributed by atoms with Gasteiger partial charge in [0.1, 0.15) is 5.60 Å². The SMILES string of the molecule is CCCCCCCCCCCCCCCC(C)(C)O[P+](=O)O. The van der Waals surface area contributed by atoms with Crippen LogP contribution in [0.15, 0.2) is 0 Å². The van der Waals surface area contributed by atoms with Crippen molar-refractivity contribution in [3.8, 4) is 0 Å². The van der Waals surface area contributed by atoms with E-state index in [4.69, 9.17) is 9.42 Å². The molecule has 0 saturated carbocycles. The number of unbranched alkanes of at least 4 members (excludes halogenated alkanes) is 12. The van der Waals surface area contributed by atoms with Crippen LogP contribution in [0.3, 0.4) is 0 Å². The minimum Gasteiger partial charge on any atom is -0.133 e. The van der Waals surface area contributed by atoms with Crippen LogP contribution in [0.4, 0.5) is 0 Å². The van der Waals surface area contributed by atoms with Crippen molar-refractivity contribution in [3.05, 3.63) is 0 Å². The summed E-state index contributed by atoms with van der Waals surface area (Å²) in [5.41, 5.74) is -0.472. The van der Waals surface area contributed by atoms with E-state index in [0.29, 0.717) is 0 Å². The highest BCUT2D eigenvalue weighted by atomic mass is 31.1. The normalized spacial score (nSPS) is 12.6. The largest absolute Gasteiger partial charge is 0.695 e. The first-order valence-corrected chi connectivity index (χ1v) is 10.5. The summed E-state index contributed by atoms with van der Waals surface area (Å²) in [5.74, 6) is 0. The van der Waals surface area contributed by atoms with Crippen molar-refractivity contribution in [2.24, 2.45) is 0 Å². The molecule has 0 aliphatic carbocycles. The van der Waals surface area contributed by atoms with Crippen LogP contribution in [-0.4, -0.2) is 10.5 Å². The van der Waals surface area contributed by atoms with Crippen LogP contribution < -0.4 is 0 Å². The molecule has 0 heterocycles. The molecule has 0 aliphatic rings. The lowest BCUT2D eigenvalue weighted by Crippen LogP contribution is -2.20. The van der Waals surface area contributed by atoms with Gasteiger partial charge < -0.3 is 0 Å². The van der Waals surface area contributed by atoms with Crippen LogP contribution in [0.2, 0.25) is 0 Å². The third kappa shape index (κ3) is 16.4. The van der Waals surface area contributed by atoms with Gasteiger partial charge in [0.15, 0.2) is 0 Å². The van der Waals surface area contributed by atoms with Gasteiger partial charge in [0.2, 0.25) is 0 Å². The second-order valence-corrected chi connectivity index (χ2v) is 7.74. The first kappa shape index (κ1) is 22.0. The van der Waals surface area contributed by atoms with Crippen molar-refractivity contribution in [3.63, 3.8) is 0 Å². The van der Waals surface area contributed by atoms with Crippen LogP contribution >= 0.6 is 8.25 Å². The zero-order valence-corrected chi connectivity index (χ0v) is 16.0. The molecule has 0 aromatic rings. The van der Waals surface area contributed by atoms with Crippen LogP contribution in [0.1, 0.15) is 111 Å². The lowest BCUT2D eigenvalue weighted by Gasteiger charge is -2.16. The Morgan fingerprint density at radius 3 is 1.50 bits per heavy atom. The lowest BCUT2D eigenvalue weighted by molar-refractivity contribution is 0.0910. The minimum absolute atomic E-state index is 0.472. The molecule has 0 aromatic heterocycles. The smallest absolute Gasteiger partial charge is 0.133 e. The zero-order valence-electron chi connectivity index (χ0n) is 15.1. The van der Waals surface area contributed by atoms with E-state index >= 15 is 0 Å². The molecule has 1 unspecified atom stereocenters. The highest BCUT2D eigenvalue weighted by Crippen LogP contribution is 2.29. The Hall–Kier alpha value is 0.0200. The van der Waals surface area contributed by atoms with E-state index in [9.17, 15) is 4.57 Å². The highest BCUT2D eigenvalue weighted by Gasteiger charge is 2.30. The van der Waals surface area contributed by atoms with Gasteiger partial charge in [-0.15, -0.1) is 9.42 Å². The Balaban J connectivity index is 3.22. The van der Waals surface area contributed by atoms with Crippen LogP contribution in [0.5, 0.6) is 0 Å². The Bertz CT molecular complexity index is 267. The van der Waals surface area contributed by atoms with Gasteiger partial charge in [-0.2, -0.15) is 0 Å². The lowest BCUT2D eigenvalue weighted by atomic mass is 9.99. The van der Waals surface area contributed by atoms with E-state index in [1.807, 2.05) is 13.8 Å². The quantitative estimate of drug-likeness (QED) is 0.246.